The molecule has 0 bridgehead atoms. The normalized spacial score (nSPS) is 22.1. The number of ether oxygens (including phenoxy) is 1. The lowest BCUT2D eigenvalue weighted by Gasteiger charge is -2.22. The van der Waals surface area contributed by atoms with Gasteiger partial charge in [0.25, 0.3) is 0 Å². The molecular weight excluding hydrogens is 302 g/mol. The van der Waals surface area contributed by atoms with E-state index in [-0.39, 0.29) is 6.10 Å². The zero-order valence-electron chi connectivity index (χ0n) is 13.7. The lowest BCUT2D eigenvalue weighted by atomic mass is 10.0. The van der Waals surface area contributed by atoms with Gasteiger partial charge in [0.15, 0.2) is 0 Å². The van der Waals surface area contributed by atoms with E-state index in [1.165, 1.54) is 42.9 Å². The van der Waals surface area contributed by atoms with Crippen LogP contribution in [0.1, 0.15) is 39.5 Å². The zero-order valence-corrected chi connectivity index (χ0v) is 15.3. The minimum absolute atomic E-state index is 0.380. The predicted octanol–water partition coefficient (Wildman–Crippen LogP) is 3.02. The summed E-state index contributed by atoms with van der Waals surface area (Å²) >= 11 is 4.09. The Bertz CT molecular complexity index is 238. The van der Waals surface area contributed by atoms with E-state index in [4.69, 9.17) is 4.74 Å². The fourth-order valence-corrected chi connectivity index (χ4v) is 5.04. The van der Waals surface area contributed by atoms with E-state index < -0.39 is 0 Å². The minimum atomic E-state index is -0.380. The van der Waals surface area contributed by atoms with Gasteiger partial charge in [-0.1, -0.05) is 33.1 Å². The van der Waals surface area contributed by atoms with Crippen LogP contribution < -0.4 is 5.32 Å². The van der Waals surface area contributed by atoms with Crippen molar-refractivity contribution < 1.29 is 9.84 Å². The summed E-state index contributed by atoms with van der Waals surface area (Å²) in [6.07, 6.45) is 4.57. The molecule has 2 N–H and O–H groups in total. The standard InChI is InChI=1S/C16H33NO2S2/c1-3-5-6-14(4-2)11-19-12-15(18)9-17-10-16-13-20-7-8-21-16/h14-18H,3-13H2,1-2H3. The number of unbranched alkanes of at least 4 members (excludes halogenated alkanes) is 1. The van der Waals surface area contributed by atoms with Gasteiger partial charge in [0, 0.05) is 42.2 Å². The number of thioether (sulfide) groups is 2. The highest BCUT2D eigenvalue weighted by atomic mass is 32.2. The van der Waals surface area contributed by atoms with Crippen LogP contribution in [-0.2, 0) is 4.74 Å². The summed E-state index contributed by atoms with van der Waals surface area (Å²) in [7, 11) is 0. The van der Waals surface area contributed by atoms with Gasteiger partial charge in [0.05, 0.1) is 12.7 Å². The smallest absolute Gasteiger partial charge is 0.0897 e. The lowest BCUT2D eigenvalue weighted by molar-refractivity contribution is 0.0195. The Morgan fingerprint density at radius 1 is 1.29 bits per heavy atom. The third kappa shape index (κ3) is 10.1. The highest BCUT2D eigenvalue weighted by Gasteiger charge is 2.14. The minimum Gasteiger partial charge on any atom is -0.389 e. The third-order valence-corrected chi connectivity index (χ3v) is 6.69. The van der Waals surface area contributed by atoms with Gasteiger partial charge in [-0.05, 0) is 12.3 Å². The molecule has 0 amide bonds. The number of hydrogen-bond donors (Lipinski definition) is 2. The largest absolute Gasteiger partial charge is 0.389 e. The maximum absolute atomic E-state index is 9.94. The topological polar surface area (TPSA) is 41.5 Å². The van der Waals surface area contributed by atoms with Crippen LogP contribution in [0.5, 0.6) is 0 Å². The lowest BCUT2D eigenvalue weighted by Crippen LogP contribution is -2.36. The van der Waals surface area contributed by atoms with E-state index in [9.17, 15) is 5.11 Å². The summed E-state index contributed by atoms with van der Waals surface area (Å²) in [6, 6.07) is 0. The van der Waals surface area contributed by atoms with E-state index in [2.05, 4.69) is 30.9 Å². The Morgan fingerprint density at radius 3 is 2.81 bits per heavy atom. The van der Waals surface area contributed by atoms with Gasteiger partial charge in [-0.25, -0.2) is 0 Å². The molecule has 3 nitrogen and oxygen atoms in total. The molecule has 3 unspecified atom stereocenters. The number of aliphatic hydroxyl groups excluding tert-OH is 1. The molecule has 1 saturated heterocycles. The van der Waals surface area contributed by atoms with Crippen molar-refractivity contribution in [1.82, 2.24) is 5.32 Å². The Hall–Kier alpha value is 0.580. The Balaban J connectivity index is 1.98. The second-order valence-corrected chi connectivity index (χ2v) is 8.39. The maximum Gasteiger partial charge on any atom is 0.0897 e. The average molecular weight is 336 g/mol. The monoisotopic (exact) mass is 335 g/mol. The molecule has 1 rings (SSSR count). The molecular formula is C16H33NO2S2. The number of hydrogen-bond acceptors (Lipinski definition) is 5. The van der Waals surface area contributed by atoms with Crippen molar-refractivity contribution in [2.75, 3.05) is 43.6 Å². The molecule has 0 aromatic carbocycles. The van der Waals surface area contributed by atoms with E-state index in [0.29, 0.717) is 24.3 Å². The van der Waals surface area contributed by atoms with Crippen LogP contribution in [0.4, 0.5) is 0 Å². The van der Waals surface area contributed by atoms with Crippen molar-refractivity contribution in [3.63, 3.8) is 0 Å². The van der Waals surface area contributed by atoms with Crippen molar-refractivity contribution in [1.29, 1.82) is 0 Å². The predicted molar refractivity (Wildman–Crippen MR) is 96.6 cm³/mol. The van der Waals surface area contributed by atoms with E-state index >= 15 is 0 Å². The van der Waals surface area contributed by atoms with E-state index in [1.807, 2.05) is 11.8 Å². The van der Waals surface area contributed by atoms with Gasteiger partial charge in [0.2, 0.25) is 0 Å². The first-order valence-electron chi connectivity index (χ1n) is 8.42. The van der Waals surface area contributed by atoms with Crippen LogP contribution in [-0.4, -0.2) is 60.0 Å². The zero-order chi connectivity index (χ0) is 15.3. The van der Waals surface area contributed by atoms with Crippen molar-refractivity contribution in [2.24, 2.45) is 5.92 Å². The molecule has 0 radical (unpaired) electrons. The fourth-order valence-electron chi connectivity index (χ4n) is 2.39. The van der Waals surface area contributed by atoms with Gasteiger partial charge in [-0.3, -0.25) is 0 Å². The molecule has 0 spiro atoms. The molecule has 3 atom stereocenters. The number of rotatable bonds is 12. The summed E-state index contributed by atoms with van der Waals surface area (Å²) in [5, 5.41) is 14.0. The molecule has 21 heavy (non-hydrogen) atoms. The number of nitrogens with one attached hydrogen (secondary N) is 1. The Kier molecular flexibility index (Phi) is 12.2. The van der Waals surface area contributed by atoms with E-state index in [1.54, 1.807) is 0 Å². The van der Waals surface area contributed by atoms with Gasteiger partial charge in [-0.2, -0.15) is 23.5 Å². The summed E-state index contributed by atoms with van der Waals surface area (Å²) in [4.78, 5) is 0. The summed E-state index contributed by atoms with van der Waals surface area (Å²) in [5.41, 5.74) is 0. The molecule has 1 fully saturated rings. The molecule has 1 heterocycles. The molecule has 126 valence electrons. The quantitative estimate of drug-likeness (QED) is 0.574. The van der Waals surface area contributed by atoms with Crippen LogP contribution in [0.25, 0.3) is 0 Å². The van der Waals surface area contributed by atoms with Crippen LogP contribution >= 0.6 is 23.5 Å². The highest BCUT2D eigenvalue weighted by Crippen LogP contribution is 2.23. The summed E-state index contributed by atoms with van der Waals surface area (Å²) in [5.74, 6) is 4.44. The molecule has 0 saturated carbocycles. The van der Waals surface area contributed by atoms with Crippen LogP contribution in [0.15, 0.2) is 0 Å². The second-order valence-electron chi connectivity index (χ2n) is 5.83. The first-order valence-corrected chi connectivity index (χ1v) is 10.6. The van der Waals surface area contributed by atoms with Crippen molar-refractivity contribution in [3.05, 3.63) is 0 Å². The molecule has 0 aromatic rings. The van der Waals surface area contributed by atoms with Crippen LogP contribution in [0.2, 0.25) is 0 Å². The average Bonchev–Trinajstić information content (AvgIpc) is 2.51. The van der Waals surface area contributed by atoms with Crippen molar-refractivity contribution in [3.8, 4) is 0 Å². The van der Waals surface area contributed by atoms with Gasteiger partial charge in [-0.15, -0.1) is 0 Å². The van der Waals surface area contributed by atoms with Crippen LogP contribution in [0, 0.1) is 5.92 Å². The van der Waals surface area contributed by atoms with Gasteiger partial charge < -0.3 is 15.2 Å². The molecule has 0 aromatic heterocycles. The SMILES string of the molecule is CCCCC(CC)COCC(O)CNCC1CSCCS1. The fraction of sp³-hybridized carbons (Fsp3) is 1.00. The van der Waals surface area contributed by atoms with Gasteiger partial charge in [0.1, 0.15) is 0 Å². The van der Waals surface area contributed by atoms with Crippen molar-refractivity contribution >= 4 is 23.5 Å². The number of aliphatic hydroxyl groups is 1. The molecule has 1 aliphatic heterocycles. The Labute approximate surface area is 139 Å². The second kappa shape index (κ2) is 13.1. The third-order valence-electron chi connectivity index (χ3n) is 3.84. The van der Waals surface area contributed by atoms with Crippen LogP contribution in [0.3, 0.4) is 0 Å². The summed E-state index contributed by atoms with van der Waals surface area (Å²) in [6.45, 7) is 7.36. The molecule has 1 aliphatic rings. The highest BCUT2D eigenvalue weighted by molar-refractivity contribution is 8.06. The first kappa shape index (κ1) is 19.6. The maximum atomic E-state index is 9.94. The van der Waals surface area contributed by atoms with E-state index in [0.717, 1.165) is 13.2 Å². The molecule has 0 aliphatic carbocycles. The first-order chi connectivity index (χ1) is 10.3. The molecule has 5 heteroatoms. The Morgan fingerprint density at radius 2 is 2.14 bits per heavy atom. The summed E-state index contributed by atoms with van der Waals surface area (Å²) < 4.78 is 5.69. The van der Waals surface area contributed by atoms with Gasteiger partial charge >= 0.3 is 0 Å². The van der Waals surface area contributed by atoms with Crippen molar-refractivity contribution in [2.45, 2.75) is 50.9 Å².